The minimum absolute atomic E-state index is 0.236. The van der Waals surface area contributed by atoms with E-state index in [1.807, 2.05) is 52.0 Å². The first kappa shape index (κ1) is 22.0. The lowest BCUT2D eigenvalue weighted by molar-refractivity contribution is -0.236. The Morgan fingerprint density at radius 3 is 2.40 bits per heavy atom. The number of rotatable bonds is 8. The molecular weight excluding hydrogens is 388 g/mol. The monoisotopic (exact) mass is 422 g/mol. The second-order valence-corrected chi connectivity index (χ2v) is 9.06. The maximum absolute atomic E-state index is 6.32. The summed E-state index contributed by atoms with van der Waals surface area (Å²) in [6.45, 7) is 11.3. The summed E-state index contributed by atoms with van der Waals surface area (Å²) in [6, 6.07) is 8.01. The van der Waals surface area contributed by atoms with Crippen LogP contribution in [0.25, 0.3) is 0 Å². The molecule has 0 spiro atoms. The zero-order valence-corrected chi connectivity index (χ0v) is 18.6. The highest BCUT2D eigenvalue weighted by Gasteiger charge is 2.58. The average molecular weight is 423 g/mol. The number of ether oxygens (including phenoxy) is 7. The highest BCUT2D eigenvalue weighted by Crippen LogP contribution is 2.42. The van der Waals surface area contributed by atoms with Crippen molar-refractivity contribution in [2.75, 3.05) is 13.2 Å². The SMILES string of the molecule is CCCCOc1ccc(CO[C@@H]2[C@H]3OC(C)(C)O[C@H]3O[C@@H]2C2COC(C)(C)O2)cc1. The Kier molecular flexibility index (Phi) is 6.40. The Labute approximate surface area is 178 Å². The topological polar surface area (TPSA) is 64.6 Å². The Morgan fingerprint density at radius 2 is 1.73 bits per heavy atom. The second-order valence-electron chi connectivity index (χ2n) is 9.06. The third kappa shape index (κ3) is 4.98. The first-order valence-corrected chi connectivity index (χ1v) is 10.9. The van der Waals surface area contributed by atoms with Crippen LogP contribution in [-0.4, -0.2) is 55.5 Å². The molecule has 30 heavy (non-hydrogen) atoms. The molecule has 1 unspecified atom stereocenters. The molecule has 3 aliphatic rings. The molecule has 0 radical (unpaired) electrons. The molecule has 0 aliphatic carbocycles. The minimum Gasteiger partial charge on any atom is -0.494 e. The van der Waals surface area contributed by atoms with Crippen LogP contribution in [-0.2, 0) is 35.0 Å². The van der Waals surface area contributed by atoms with Gasteiger partial charge in [0.2, 0.25) is 0 Å². The van der Waals surface area contributed by atoms with Crippen LogP contribution >= 0.6 is 0 Å². The van der Waals surface area contributed by atoms with Crippen molar-refractivity contribution in [3.63, 3.8) is 0 Å². The largest absolute Gasteiger partial charge is 0.494 e. The molecule has 0 N–H and O–H groups in total. The molecule has 168 valence electrons. The van der Waals surface area contributed by atoms with Gasteiger partial charge in [0.25, 0.3) is 0 Å². The first-order valence-electron chi connectivity index (χ1n) is 10.9. The highest BCUT2D eigenvalue weighted by molar-refractivity contribution is 5.26. The smallest absolute Gasteiger partial charge is 0.190 e. The van der Waals surface area contributed by atoms with Gasteiger partial charge in [-0.1, -0.05) is 25.5 Å². The van der Waals surface area contributed by atoms with Crippen molar-refractivity contribution >= 4 is 0 Å². The van der Waals surface area contributed by atoms with Crippen LogP contribution in [0.15, 0.2) is 24.3 Å². The molecule has 5 atom stereocenters. The van der Waals surface area contributed by atoms with Gasteiger partial charge in [-0.05, 0) is 51.8 Å². The molecule has 0 saturated carbocycles. The van der Waals surface area contributed by atoms with Gasteiger partial charge in [0, 0.05) is 0 Å². The summed E-state index contributed by atoms with van der Waals surface area (Å²) in [4.78, 5) is 0. The van der Waals surface area contributed by atoms with Gasteiger partial charge in [-0.25, -0.2) is 0 Å². The van der Waals surface area contributed by atoms with Crippen LogP contribution in [0.1, 0.15) is 53.0 Å². The Bertz CT molecular complexity index is 702. The van der Waals surface area contributed by atoms with E-state index in [2.05, 4.69) is 6.92 Å². The van der Waals surface area contributed by atoms with Gasteiger partial charge in [0.1, 0.15) is 30.2 Å². The van der Waals surface area contributed by atoms with Crippen molar-refractivity contribution in [2.24, 2.45) is 0 Å². The molecule has 3 aliphatic heterocycles. The fraction of sp³-hybridized carbons (Fsp3) is 0.739. The van der Waals surface area contributed by atoms with Crippen LogP contribution in [0.5, 0.6) is 5.75 Å². The zero-order valence-electron chi connectivity index (χ0n) is 18.6. The lowest BCUT2D eigenvalue weighted by atomic mass is 10.1. The molecule has 0 aromatic heterocycles. The summed E-state index contributed by atoms with van der Waals surface area (Å²) in [5.74, 6) is -0.460. The van der Waals surface area contributed by atoms with Gasteiger partial charge in [0.05, 0.1) is 19.8 Å². The Morgan fingerprint density at radius 1 is 0.967 bits per heavy atom. The average Bonchev–Trinajstić information content (AvgIpc) is 3.30. The normalized spacial score (nSPS) is 34.2. The molecule has 3 saturated heterocycles. The molecule has 7 heteroatoms. The van der Waals surface area contributed by atoms with Gasteiger partial charge in [-0.15, -0.1) is 0 Å². The minimum atomic E-state index is -0.703. The number of hydrogen-bond donors (Lipinski definition) is 0. The highest BCUT2D eigenvalue weighted by atomic mass is 16.8. The number of benzene rings is 1. The van der Waals surface area contributed by atoms with Gasteiger partial charge in [0.15, 0.2) is 17.9 Å². The Hall–Kier alpha value is -1.22. The van der Waals surface area contributed by atoms with E-state index in [1.165, 1.54) is 0 Å². The number of hydrogen-bond acceptors (Lipinski definition) is 7. The van der Waals surface area contributed by atoms with Gasteiger partial charge in [-0.3, -0.25) is 0 Å². The summed E-state index contributed by atoms with van der Waals surface area (Å²) in [5, 5.41) is 0. The number of fused-ring (bicyclic) bond motifs is 1. The fourth-order valence-electron chi connectivity index (χ4n) is 4.08. The fourth-order valence-corrected chi connectivity index (χ4v) is 4.08. The van der Waals surface area contributed by atoms with Crippen molar-refractivity contribution in [1.29, 1.82) is 0 Å². The molecule has 3 heterocycles. The molecular formula is C23H34O7. The van der Waals surface area contributed by atoms with Crippen LogP contribution in [0.3, 0.4) is 0 Å². The van der Waals surface area contributed by atoms with E-state index >= 15 is 0 Å². The van der Waals surface area contributed by atoms with E-state index in [0.29, 0.717) is 13.2 Å². The summed E-state index contributed by atoms with van der Waals surface area (Å²) in [6.07, 6.45) is 0.507. The maximum Gasteiger partial charge on any atom is 0.190 e. The van der Waals surface area contributed by atoms with Crippen molar-refractivity contribution < 1.29 is 33.2 Å². The van der Waals surface area contributed by atoms with Crippen molar-refractivity contribution in [3.05, 3.63) is 29.8 Å². The van der Waals surface area contributed by atoms with E-state index in [9.17, 15) is 0 Å². The summed E-state index contributed by atoms with van der Waals surface area (Å²) < 4.78 is 42.0. The summed E-state index contributed by atoms with van der Waals surface area (Å²) in [5.41, 5.74) is 1.06. The second kappa shape index (κ2) is 8.73. The summed E-state index contributed by atoms with van der Waals surface area (Å²) in [7, 11) is 0. The van der Waals surface area contributed by atoms with Crippen molar-refractivity contribution in [2.45, 2.75) is 96.3 Å². The van der Waals surface area contributed by atoms with Gasteiger partial charge in [-0.2, -0.15) is 0 Å². The molecule has 0 amide bonds. The summed E-state index contributed by atoms with van der Waals surface area (Å²) >= 11 is 0. The quantitative estimate of drug-likeness (QED) is 0.591. The van der Waals surface area contributed by atoms with Crippen LogP contribution in [0.2, 0.25) is 0 Å². The standard InChI is InChI=1S/C23H34O7/c1-6-7-12-24-16-10-8-15(9-11-16)13-25-19-18(17-14-26-22(2,3)28-17)27-21-20(19)29-23(4,5)30-21/h8-11,17-21H,6-7,12-14H2,1-5H3/t17?,18-,19+,20-,21-/m1/s1. The van der Waals surface area contributed by atoms with E-state index in [4.69, 9.17) is 33.2 Å². The lowest BCUT2D eigenvalue weighted by Crippen LogP contribution is -2.44. The van der Waals surface area contributed by atoms with Gasteiger partial charge < -0.3 is 33.2 Å². The third-order valence-corrected chi connectivity index (χ3v) is 5.56. The predicted molar refractivity (Wildman–Crippen MR) is 109 cm³/mol. The predicted octanol–water partition coefficient (Wildman–Crippen LogP) is 3.78. The van der Waals surface area contributed by atoms with E-state index in [0.717, 1.165) is 30.8 Å². The molecule has 3 fully saturated rings. The molecule has 4 rings (SSSR count). The first-order chi connectivity index (χ1) is 14.3. The van der Waals surface area contributed by atoms with E-state index < -0.39 is 17.9 Å². The van der Waals surface area contributed by atoms with Crippen LogP contribution < -0.4 is 4.74 Å². The molecule has 0 bridgehead atoms. The van der Waals surface area contributed by atoms with Gasteiger partial charge >= 0.3 is 0 Å². The lowest BCUT2D eigenvalue weighted by Gasteiger charge is -2.29. The molecule has 1 aromatic rings. The van der Waals surface area contributed by atoms with Crippen LogP contribution in [0.4, 0.5) is 0 Å². The van der Waals surface area contributed by atoms with E-state index in [-0.39, 0.29) is 24.4 Å². The number of unbranched alkanes of at least 4 members (excludes halogenated alkanes) is 1. The Balaban J connectivity index is 1.40. The molecule has 1 aromatic carbocycles. The van der Waals surface area contributed by atoms with Crippen molar-refractivity contribution in [1.82, 2.24) is 0 Å². The van der Waals surface area contributed by atoms with E-state index in [1.54, 1.807) is 0 Å². The zero-order chi connectivity index (χ0) is 21.4. The van der Waals surface area contributed by atoms with Crippen molar-refractivity contribution in [3.8, 4) is 5.75 Å². The van der Waals surface area contributed by atoms with Crippen LogP contribution in [0, 0.1) is 0 Å². The maximum atomic E-state index is 6.32. The molecule has 7 nitrogen and oxygen atoms in total. The third-order valence-electron chi connectivity index (χ3n) is 5.56.